The van der Waals surface area contributed by atoms with Crippen LogP contribution in [0, 0.1) is 18.6 Å². The van der Waals surface area contributed by atoms with E-state index < -0.39 is 17.7 Å². The van der Waals surface area contributed by atoms with Crippen molar-refractivity contribution in [3.63, 3.8) is 0 Å². The summed E-state index contributed by atoms with van der Waals surface area (Å²) >= 11 is 6.32. The van der Waals surface area contributed by atoms with Crippen LogP contribution in [0.3, 0.4) is 0 Å². The van der Waals surface area contributed by atoms with Crippen LogP contribution in [0.2, 0.25) is 0 Å². The fourth-order valence-electron chi connectivity index (χ4n) is 1.83. The lowest BCUT2D eigenvalue weighted by Crippen LogP contribution is -2.07. The smallest absolute Gasteiger partial charge is 0.146 e. The molecule has 2 aromatic carbocycles. The van der Waals surface area contributed by atoms with Gasteiger partial charge >= 0.3 is 0 Å². The highest BCUT2D eigenvalue weighted by Gasteiger charge is 2.23. The highest BCUT2D eigenvalue weighted by atomic mass is 79.9. The molecule has 0 saturated heterocycles. The minimum atomic E-state index is -1.37. The number of benzene rings is 2. The zero-order valence-corrected chi connectivity index (χ0v) is 13.1. The van der Waals surface area contributed by atoms with Crippen molar-refractivity contribution in [2.75, 3.05) is 0 Å². The first-order valence-electron chi connectivity index (χ1n) is 5.50. The summed E-state index contributed by atoms with van der Waals surface area (Å²) in [7, 11) is 0. The van der Waals surface area contributed by atoms with E-state index in [1.54, 1.807) is 12.1 Å². The zero-order chi connectivity index (χ0) is 14.2. The topological polar surface area (TPSA) is 20.2 Å². The molecule has 5 heteroatoms. The van der Waals surface area contributed by atoms with Gasteiger partial charge in [0.2, 0.25) is 0 Å². The van der Waals surface area contributed by atoms with Gasteiger partial charge in [0.25, 0.3) is 0 Å². The molecule has 0 spiro atoms. The summed E-state index contributed by atoms with van der Waals surface area (Å²) in [5.41, 5.74) is 0.948. The van der Waals surface area contributed by atoms with Crippen molar-refractivity contribution in [1.29, 1.82) is 0 Å². The van der Waals surface area contributed by atoms with Gasteiger partial charge in [0.15, 0.2) is 0 Å². The molecule has 0 saturated carbocycles. The predicted molar refractivity (Wildman–Crippen MR) is 77.0 cm³/mol. The average molecular weight is 392 g/mol. The molecule has 19 heavy (non-hydrogen) atoms. The van der Waals surface area contributed by atoms with Gasteiger partial charge in [0.1, 0.15) is 17.7 Å². The van der Waals surface area contributed by atoms with E-state index in [9.17, 15) is 13.9 Å². The van der Waals surface area contributed by atoms with Crippen LogP contribution in [-0.2, 0) is 0 Å². The fraction of sp³-hybridized carbons (Fsp3) is 0.143. The van der Waals surface area contributed by atoms with Crippen molar-refractivity contribution in [2.24, 2.45) is 0 Å². The van der Waals surface area contributed by atoms with Crippen LogP contribution >= 0.6 is 31.9 Å². The van der Waals surface area contributed by atoms with Gasteiger partial charge < -0.3 is 5.11 Å². The summed E-state index contributed by atoms with van der Waals surface area (Å²) < 4.78 is 28.5. The molecular formula is C14H10Br2F2O. The number of aliphatic hydroxyl groups excluding tert-OH is 1. The Morgan fingerprint density at radius 2 is 1.79 bits per heavy atom. The lowest BCUT2D eigenvalue weighted by molar-refractivity contribution is 0.208. The van der Waals surface area contributed by atoms with Gasteiger partial charge in [-0.1, -0.05) is 34.1 Å². The monoisotopic (exact) mass is 390 g/mol. The standard InChI is InChI=1S/C14H10Br2F2O/c1-7-3-2-4-8(12(7)16)14(19)11-10(17)6-5-9(15)13(11)18/h2-6,14,19H,1H3. The number of rotatable bonds is 2. The molecule has 0 bridgehead atoms. The predicted octanol–water partition coefficient (Wildman–Crippen LogP) is 4.88. The Balaban J connectivity index is 2.59. The van der Waals surface area contributed by atoms with Gasteiger partial charge in [0, 0.05) is 4.47 Å². The maximum absolute atomic E-state index is 14.0. The molecule has 1 unspecified atom stereocenters. The second-order valence-electron chi connectivity index (χ2n) is 4.14. The van der Waals surface area contributed by atoms with Crippen molar-refractivity contribution in [1.82, 2.24) is 0 Å². The third-order valence-electron chi connectivity index (χ3n) is 2.87. The highest BCUT2D eigenvalue weighted by Crippen LogP contribution is 2.34. The van der Waals surface area contributed by atoms with Gasteiger partial charge in [-0.05, 0) is 46.1 Å². The molecule has 0 aliphatic carbocycles. The molecule has 1 atom stereocenters. The Morgan fingerprint density at radius 1 is 1.11 bits per heavy atom. The third-order valence-corrected chi connectivity index (χ3v) is 4.56. The third kappa shape index (κ3) is 2.73. The van der Waals surface area contributed by atoms with Crippen LogP contribution in [0.25, 0.3) is 0 Å². The fourth-order valence-corrected chi connectivity index (χ4v) is 2.66. The van der Waals surface area contributed by atoms with Crippen molar-refractivity contribution < 1.29 is 13.9 Å². The Kier molecular flexibility index (Phi) is 4.38. The molecule has 1 nitrogen and oxygen atoms in total. The first-order valence-corrected chi connectivity index (χ1v) is 7.08. The van der Waals surface area contributed by atoms with E-state index in [4.69, 9.17) is 0 Å². The second-order valence-corrected chi connectivity index (χ2v) is 5.78. The Labute approximate surface area is 126 Å². The van der Waals surface area contributed by atoms with Crippen molar-refractivity contribution in [3.05, 3.63) is 67.6 Å². The Morgan fingerprint density at radius 3 is 2.47 bits per heavy atom. The maximum Gasteiger partial charge on any atom is 0.146 e. The summed E-state index contributed by atoms with van der Waals surface area (Å²) in [5.74, 6) is -1.57. The van der Waals surface area contributed by atoms with E-state index in [-0.39, 0.29) is 10.0 Å². The van der Waals surface area contributed by atoms with Crippen LogP contribution in [0.1, 0.15) is 22.8 Å². The van der Waals surface area contributed by atoms with Gasteiger partial charge in [-0.25, -0.2) is 8.78 Å². The summed E-state index contributed by atoms with van der Waals surface area (Å²) in [6, 6.07) is 7.59. The SMILES string of the molecule is Cc1cccc(C(O)c2c(F)ccc(Br)c2F)c1Br. The number of aliphatic hydroxyl groups is 1. The van der Waals surface area contributed by atoms with E-state index >= 15 is 0 Å². The molecule has 100 valence electrons. The van der Waals surface area contributed by atoms with Gasteiger partial charge in [0.05, 0.1) is 10.0 Å². The molecule has 0 fully saturated rings. The minimum absolute atomic E-state index is 0.117. The lowest BCUT2D eigenvalue weighted by atomic mass is 9.99. The van der Waals surface area contributed by atoms with Crippen LogP contribution in [-0.4, -0.2) is 5.11 Å². The number of hydrogen-bond donors (Lipinski definition) is 1. The molecule has 0 aromatic heterocycles. The molecule has 0 radical (unpaired) electrons. The van der Waals surface area contributed by atoms with Crippen LogP contribution in [0.15, 0.2) is 39.3 Å². The summed E-state index contributed by atoms with van der Waals surface area (Å²) in [4.78, 5) is 0. The first-order chi connectivity index (χ1) is 8.93. The first kappa shape index (κ1) is 14.6. The number of hydrogen-bond acceptors (Lipinski definition) is 1. The highest BCUT2D eigenvalue weighted by molar-refractivity contribution is 9.10. The van der Waals surface area contributed by atoms with Crippen LogP contribution < -0.4 is 0 Å². The number of halogens is 4. The van der Waals surface area contributed by atoms with Crippen molar-refractivity contribution in [3.8, 4) is 0 Å². The molecule has 1 N–H and O–H groups in total. The van der Waals surface area contributed by atoms with Crippen molar-refractivity contribution in [2.45, 2.75) is 13.0 Å². The Bertz CT molecular complexity index is 629. The van der Waals surface area contributed by atoms with E-state index in [1.807, 2.05) is 13.0 Å². The number of aryl methyl sites for hydroxylation is 1. The van der Waals surface area contributed by atoms with Gasteiger partial charge in [-0.15, -0.1) is 0 Å². The quantitative estimate of drug-likeness (QED) is 0.723. The van der Waals surface area contributed by atoms with Gasteiger partial charge in [-0.2, -0.15) is 0 Å². The van der Waals surface area contributed by atoms with E-state index in [1.165, 1.54) is 6.07 Å². The van der Waals surface area contributed by atoms with Crippen LogP contribution in [0.5, 0.6) is 0 Å². The Hall–Kier alpha value is -0.780. The molecule has 2 aromatic rings. The summed E-state index contributed by atoms with van der Waals surface area (Å²) in [6.45, 7) is 1.84. The molecule has 0 aliphatic heterocycles. The normalized spacial score (nSPS) is 12.5. The lowest BCUT2D eigenvalue weighted by Gasteiger charge is -2.16. The largest absolute Gasteiger partial charge is 0.383 e. The molecule has 0 amide bonds. The van der Waals surface area contributed by atoms with E-state index in [2.05, 4.69) is 31.9 Å². The summed E-state index contributed by atoms with van der Waals surface area (Å²) in [6.07, 6.45) is -1.37. The molecular weight excluding hydrogens is 382 g/mol. The molecule has 2 rings (SSSR count). The van der Waals surface area contributed by atoms with E-state index in [0.29, 0.717) is 10.0 Å². The van der Waals surface area contributed by atoms with Gasteiger partial charge in [-0.3, -0.25) is 0 Å². The van der Waals surface area contributed by atoms with E-state index in [0.717, 1.165) is 11.6 Å². The molecule has 0 heterocycles. The zero-order valence-electron chi connectivity index (χ0n) is 9.92. The van der Waals surface area contributed by atoms with Crippen molar-refractivity contribution >= 4 is 31.9 Å². The molecule has 0 aliphatic rings. The second kappa shape index (κ2) is 5.69. The maximum atomic E-state index is 14.0. The summed E-state index contributed by atoms with van der Waals surface area (Å²) in [5, 5.41) is 10.3. The van der Waals surface area contributed by atoms with Crippen LogP contribution in [0.4, 0.5) is 8.78 Å². The average Bonchev–Trinajstić information content (AvgIpc) is 2.37. The minimum Gasteiger partial charge on any atom is -0.383 e.